The van der Waals surface area contributed by atoms with E-state index in [1.54, 1.807) is 13.0 Å². The number of carbonyl (C=O) groups excluding carboxylic acids is 2. The molecule has 1 heterocycles. The van der Waals surface area contributed by atoms with Crippen LogP contribution in [0.1, 0.15) is 25.3 Å². The summed E-state index contributed by atoms with van der Waals surface area (Å²) in [7, 11) is 0. The minimum atomic E-state index is -0.151. The van der Waals surface area contributed by atoms with Crippen molar-refractivity contribution in [2.45, 2.75) is 32.2 Å². The SMILES string of the molecule is CC(N)CC(=O)Nc1ccc2c(c1)CCC(=O)N2.Cl. The number of anilines is 2. The second kappa shape index (κ2) is 6.54. The molecule has 1 aliphatic heterocycles. The molecule has 6 heteroatoms. The molecule has 19 heavy (non-hydrogen) atoms. The highest BCUT2D eigenvalue weighted by Crippen LogP contribution is 2.25. The van der Waals surface area contributed by atoms with E-state index < -0.39 is 0 Å². The van der Waals surface area contributed by atoms with Gasteiger partial charge in [-0.05, 0) is 37.1 Å². The number of nitrogens with one attached hydrogen (secondary N) is 2. The van der Waals surface area contributed by atoms with Crippen molar-refractivity contribution < 1.29 is 9.59 Å². The summed E-state index contributed by atoms with van der Waals surface area (Å²) < 4.78 is 0. The maximum atomic E-state index is 11.6. The fourth-order valence-corrected chi connectivity index (χ4v) is 1.97. The number of hydrogen-bond acceptors (Lipinski definition) is 3. The molecule has 2 amide bonds. The maximum Gasteiger partial charge on any atom is 0.225 e. The minimum absolute atomic E-state index is 0. The average molecular weight is 284 g/mol. The highest BCUT2D eigenvalue weighted by atomic mass is 35.5. The molecular weight excluding hydrogens is 266 g/mol. The number of amides is 2. The topological polar surface area (TPSA) is 84.2 Å². The van der Waals surface area contributed by atoms with Crippen molar-refractivity contribution in [3.8, 4) is 0 Å². The lowest BCUT2D eigenvalue weighted by Crippen LogP contribution is -2.24. The summed E-state index contributed by atoms with van der Waals surface area (Å²) in [6.07, 6.45) is 1.50. The monoisotopic (exact) mass is 283 g/mol. The molecule has 1 aliphatic rings. The second-order valence-corrected chi connectivity index (χ2v) is 4.65. The number of hydrogen-bond donors (Lipinski definition) is 3. The van der Waals surface area contributed by atoms with Gasteiger partial charge >= 0.3 is 0 Å². The number of halogens is 1. The second-order valence-electron chi connectivity index (χ2n) is 4.65. The Morgan fingerprint density at radius 3 is 2.89 bits per heavy atom. The smallest absolute Gasteiger partial charge is 0.225 e. The van der Waals surface area contributed by atoms with E-state index in [-0.39, 0.29) is 30.3 Å². The molecule has 1 atom stereocenters. The molecule has 0 radical (unpaired) electrons. The Labute approximate surface area is 118 Å². The summed E-state index contributed by atoms with van der Waals surface area (Å²) in [5.74, 6) is -0.0546. The van der Waals surface area contributed by atoms with E-state index >= 15 is 0 Å². The van der Waals surface area contributed by atoms with Crippen LogP contribution in [0.25, 0.3) is 0 Å². The Bertz CT molecular complexity index is 489. The van der Waals surface area contributed by atoms with Gasteiger partial charge in [0.15, 0.2) is 0 Å². The largest absolute Gasteiger partial charge is 0.327 e. The van der Waals surface area contributed by atoms with Gasteiger partial charge in [-0.3, -0.25) is 9.59 Å². The molecule has 0 aliphatic carbocycles. The molecule has 0 saturated heterocycles. The van der Waals surface area contributed by atoms with Crippen LogP contribution < -0.4 is 16.4 Å². The van der Waals surface area contributed by atoms with Crippen molar-refractivity contribution >= 4 is 35.6 Å². The van der Waals surface area contributed by atoms with Crippen molar-refractivity contribution in [1.29, 1.82) is 0 Å². The number of benzene rings is 1. The number of rotatable bonds is 3. The first-order valence-corrected chi connectivity index (χ1v) is 6.03. The normalized spacial score (nSPS) is 14.7. The molecule has 1 unspecified atom stereocenters. The van der Waals surface area contributed by atoms with Crippen LogP contribution in [0.5, 0.6) is 0 Å². The summed E-state index contributed by atoms with van der Waals surface area (Å²) in [5.41, 5.74) is 8.19. The lowest BCUT2D eigenvalue weighted by molar-refractivity contribution is -0.117. The van der Waals surface area contributed by atoms with E-state index in [9.17, 15) is 9.59 Å². The van der Waals surface area contributed by atoms with Crippen molar-refractivity contribution in [3.63, 3.8) is 0 Å². The third-order valence-corrected chi connectivity index (χ3v) is 2.79. The van der Waals surface area contributed by atoms with Gasteiger partial charge in [-0.1, -0.05) is 0 Å². The Morgan fingerprint density at radius 2 is 2.21 bits per heavy atom. The first kappa shape index (κ1) is 15.5. The fraction of sp³-hybridized carbons (Fsp3) is 0.385. The summed E-state index contributed by atoms with van der Waals surface area (Å²) >= 11 is 0. The molecule has 0 aromatic heterocycles. The molecule has 2 rings (SSSR count). The molecule has 1 aromatic rings. The lowest BCUT2D eigenvalue weighted by Gasteiger charge is -2.17. The number of fused-ring (bicyclic) bond motifs is 1. The van der Waals surface area contributed by atoms with Crippen molar-refractivity contribution in [3.05, 3.63) is 23.8 Å². The van der Waals surface area contributed by atoms with E-state index in [2.05, 4.69) is 10.6 Å². The predicted molar refractivity (Wildman–Crippen MR) is 77.5 cm³/mol. The van der Waals surface area contributed by atoms with E-state index in [1.807, 2.05) is 12.1 Å². The number of aryl methyl sites for hydroxylation is 1. The zero-order valence-electron chi connectivity index (χ0n) is 10.7. The van der Waals surface area contributed by atoms with Gasteiger partial charge < -0.3 is 16.4 Å². The van der Waals surface area contributed by atoms with Gasteiger partial charge in [0.25, 0.3) is 0 Å². The van der Waals surface area contributed by atoms with Crippen LogP contribution in [0.4, 0.5) is 11.4 Å². The third kappa shape index (κ3) is 4.22. The molecule has 0 spiro atoms. The Morgan fingerprint density at radius 1 is 1.47 bits per heavy atom. The summed E-state index contributed by atoms with van der Waals surface area (Å²) in [6, 6.07) is 5.34. The zero-order valence-corrected chi connectivity index (χ0v) is 11.5. The van der Waals surface area contributed by atoms with Crippen LogP contribution >= 0.6 is 12.4 Å². The van der Waals surface area contributed by atoms with Crippen LogP contribution in [0.3, 0.4) is 0 Å². The molecule has 5 nitrogen and oxygen atoms in total. The highest BCUT2D eigenvalue weighted by Gasteiger charge is 2.15. The van der Waals surface area contributed by atoms with Gasteiger partial charge in [0.2, 0.25) is 11.8 Å². The summed E-state index contributed by atoms with van der Waals surface area (Å²) in [6.45, 7) is 1.79. The van der Waals surface area contributed by atoms with Crippen LogP contribution in [-0.4, -0.2) is 17.9 Å². The Balaban J connectivity index is 0.00000180. The first-order chi connectivity index (χ1) is 8.54. The standard InChI is InChI=1S/C13H17N3O2.ClH/c1-8(14)6-13(18)15-10-3-4-11-9(7-10)2-5-12(17)16-11;/h3-4,7-8H,2,5-6,14H2,1H3,(H,15,18)(H,16,17);1H. The van der Waals surface area contributed by atoms with E-state index in [1.165, 1.54) is 0 Å². The quantitative estimate of drug-likeness (QED) is 0.789. The van der Waals surface area contributed by atoms with Crippen LogP contribution in [0, 0.1) is 0 Å². The highest BCUT2D eigenvalue weighted by molar-refractivity contribution is 5.95. The molecule has 1 aromatic carbocycles. The van der Waals surface area contributed by atoms with Crippen LogP contribution in [0.15, 0.2) is 18.2 Å². The number of nitrogens with two attached hydrogens (primary N) is 1. The van der Waals surface area contributed by atoms with Crippen molar-refractivity contribution in [2.75, 3.05) is 10.6 Å². The molecule has 104 valence electrons. The Kier molecular flexibility index (Phi) is 5.32. The zero-order chi connectivity index (χ0) is 13.1. The maximum absolute atomic E-state index is 11.6. The summed E-state index contributed by atoms with van der Waals surface area (Å²) in [5, 5.41) is 5.60. The number of carbonyl (C=O) groups is 2. The van der Waals surface area contributed by atoms with Crippen LogP contribution in [0.2, 0.25) is 0 Å². The van der Waals surface area contributed by atoms with Gasteiger partial charge in [-0.15, -0.1) is 12.4 Å². The van der Waals surface area contributed by atoms with Crippen molar-refractivity contribution in [2.24, 2.45) is 5.73 Å². The fourth-order valence-electron chi connectivity index (χ4n) is 1.97. The average Bonchev–Trinajstić information content (AvgIpc) is 2.28. The van der Waals surface area contributed by atoms with E-state index in [0.717, 1.165) is 16.9 Å². The third-order valence-electron chi connectivity index (χ3n) is 2.79. The molecule has 0 bridgehead atoms. The minimum Gasteiger partial charge on any atom is -0.327 e. The van der Waals surface area contributed by atoms with Gasteiger partial charge in [-0.25, -0.2) is 0 Å². The first-order valence-electron chi connectivity index (χ1n) is 6.03. The molecular formula is C13H18ClN3O2. The van der Waals surface area contributed by atoms with Gasteiger partial charge in [0.1, 0.15) is 0 Å². The summed E-state index contributed by atoms with van der Waals surface area (Å²) in [4.78, 5) is 22.8. The predicted octanol–water partition coefficient (Wildman–Crippen LogP) is 1.67. The van der Waals surface area contributed by atoms with Crippen LogP contribution in [-0.2, 0) is 16.0 Å². The van der Waals surface area contributed by atoms with Gasteiger partial charge in [0, 0.05) is 30.3 Å². The van der Waals surface area contributed by atoms with E-state index in [0.29, 0.717) is 19.3 Å². The lowest BCUT2D eigenvalue weighted by atomic mass is 10.0. The van der Waals surface area contributed by atoms with E-state index in [4.69, 9.17) is 5.73 Å². The molecule has 0 fully saturated rings. The molecule has 0 saturated carbocycles. The van der Waals surface area contributed by atoms with Gasteiger partial charge in [0.05, 0.1) is 0 Å². The molecule has 4 N–H and O–H groups in total. The van der Waals surface area contributed by atoms with Gasteiger partial charge in [-0.2, -0.15) is 0 Å². The Hall–Kier alpha value is -1.59. The van der Waals surface area contributed by atoms with Crippen molar-refractivity contribution in [1.82, 2.24) is 0 Å².